The van der Waals surface area contributed by atoms with Crippen molar-refractivity contribution in [2.75, 3.05) is 6.54 Å². The zero-order chi connectivity index (χ0) is 15.2. The fourth-order valence-corrected chi connectivity index (χ4v) is 2.11. The third-order valence-corrected chi connectivity index (χ3v) is 3.41. The summed E-state index contributed by atoms with van der Waals surface area (Å²) in [4.78, 5) is 8.51. The van der Waals surface area contributed by atoms with Crippen LogP contribution in [0.1, 0.15) is 25.0 Å². The number of hydrogen-bond donors (Lipinski definition) is 1. The molecule has 0 radical (unpaired) electrons. The number of aryl methyl sites for hydroxylation is 1. The Balaban J connectivity index is 1.97. The molecule has 0 amide bonds. The maximum atomic E-state index is 5.72. The number of halogens is 1. The summed E-state index contributed by atoms with van der Waals surface area (Å²) in [5.74, 6) is 1.39. The molecule has 1 aromatic heterocycles. The zero-order valence-electron chi connectivity index (χ0n) is 12.6. The fraction of sp³-hybridized carbons (Fsp3) is 0.375. The Kier molecular flexibility index (Phi) is 5.70. The molecular weight excluding hydrogens is 330 g/mol. The van der Waals surface area contributed by atoms with Gasteiger partial charge in [-0.15, -0.1) is 0 Å². The minimum atomic E-state index is 0.365. The maximum Gasteiger partial charge on any atom is 0.321 e. The van der Waals surface area contributed by atoms with Crippen molar-refractivity contribution < 1.29 is 4.74 Å². The Morgan fingerprint density at radius 3 is 2.62 bits per heavy atom. The van der Waals surface area contributed by atoms with Crippen LogP contribution in [0, 0.1) is 12.8 Å². The van der Waals surface area contributed by atoms with E-state index in [9.17, 15) is 0 Å². The van der Waals surface area contributed by atoms with Crippen LogP contribution in [-0.2, 0) is 6.54 Å². The second-order valence-corrected chi connectivity index (χ2v) is 6.33. The molecule has 0 atom stereocenters. The number of nitrogens with one attached hydrogen (secondary N) is 1. The van der Waals surface area contributed by atoms with E-state index < -0.39 is 0 Å². The minimum absolute atomic E-state index is 0.365. The van der Waals surface area contributed by atoms with E-state index in [-0.39, 0.29) is 0 Å². The highest BCUT2D eigenvalue weighted by molar-refractivity contribution is 9.10. The van der Waals surface area contributed by atoms with E-state index in [1.54, 1.807) is 12.4 Å². The largest absolute Gasteiger partial charge is 0.424 e. The van der Waals surface area contributed by atoms with Crippen LogP contribution in [0.3, 0.4) is 0 Å². The molecule has 0 aliphatic rings. The van der Waals surface area contributed by atoms with E-state index in [4.69, 9.17) is 4.74 Å². The van der Waals surface area contributed by atoms with Crippen LogP contribution >= 0.6 is 15.9 Å². The normalized spacial score (nSPS) is 10.9. The Morgan fingerprint density at radius 1 is 1.24 bits per heavy atom. The summed E-state index contributed by atoms with van der Waals surface area (Å²) >= 11 is 3.43. The van der Waals surface area contributed by atoms with E-state index in [0.29, 0.717) is 11.9 Å². The van der Waals surface area contributed by atoms with Gasteiger partial charge in [-0.25, -0.2) is 9.97 Å². The highest BCUT2D eigenvalue weighted by Crippen LogP contribution is 2.26. The molecular formula is C16H20BrN3O. The predicted octanol–water partition coefficient (Wildman–Crippen LogP) is 4.09. The number of nitrogens with zero attached hydrogens (tertiary/aromatic N) is 2. The van der Waals surface area contributed by atoms with Crippen LogP contribution < -0.4 is 10.1 Å². The summed E-state index contributed by atoms with van der Waals surface area (Å²) in [7, 11) is 0. The maximum absolute atomic E-state index is 5.72. The SMILES string of the molecule is Cc1ccc(Br)cc1Oc1ncc(CNCC(C)C)cn1. The molecule has 5 heteroatoms. The van der Waals surface area contributed by atoms with E-state index in [1.165, 1.54) is 0 Å². The van der Waals surface area contributed by atoms with Gasteiger partial charge in [-0.05, 0) is 37.1 Å². The molecule has 4 nitrogen and oxygen atoms in total. The van der Waals surface area contributed by atoms with E-state index in [0.717, 1.165) is 34.4 Å². The zero-order valence-corrected chi connectivity index (χ0v) is 14.1. The number of ether oxygens (including phenoxy) is 1. The number of benzene rings is 1. The van der Waals surface area contributed by atoms with E-state index in [2.05, 4.69) is 45.1 Å². The lowest BCUT2D eigenvalue weighted by Gasteiger charge is -2.09. The van der Waals surface area contributed by atoms with Gasteiger partial charge in [-0.1, -0.05) is 35.8 Å². The second-order valence-electron chi connectivity index (χ2n) is 5.41. The molecule has 112 valence electrons. The highest BCUT2D eigenvalue weighted by atomic mass is 79.9. The van der Waals surface area contributed by atoms with Gasteiger partial charge in [0.15, 0.2) is 0 Å². The molecule has 1 aromatic carbocycles. The lowest BCUT2D eigenvalue weighted by molar-refractivity contribution is 0.437. The van der Waals surface area contributed by atoms with Crippen molar-refractivity contribution >= 4 is 15.9 Å². The molecule has 2 aromatic rings. The van der Waals surface area contributed by atoms with E-state index in [1.807, 2.05) is 25.1 Å². The molecule has 0 saturated heterocycles. The molecule has 0 saturated carbocycles. The predicted molar refractivity (Wildman–Crippen MR) is 87.5 cm³/mol. The van der Waals surface area contributed by atoms with Crippen molar-refractivity contribution in [2.45, 2.75) is 27.3 Å². The monoisotopic (exact) mass is 349 g/mol. The first-order chi connectivity index (χ1) is 10.0. The molecule has 1 heterocycles. The van der Waals surface area contributed by atoms with Crippen LogP contribution in [0.15, 0.2) is 35.1 Å². The van der Waals surface area contributed by atoms with Crippen LogP contribution in [0.2, 0.25) is 0 Å². The third-order valence-electron chi connectivity index (χ3n) is 2.91. The molecule has 0 bridgehead atoms. The van der Waals surface area contributed by atoms with Gasteiger partial charge in [0.2, 0.25) is 0 Å². The van der Waals surface area contributed by atoms with Crippen molar-refractivity contribution in [1.82, 2.24) is 15.3 Å². The van der Waals surface area contributed by atoms with Gasteiger partial charge in [0.25, 0.3) is 0 Å². The second kappa shape index (κ2) is 7.52. The third kappa shape index (κ3) is 5.10. The summed E-state index contributed by atoms with van der Waals surface area (Å²) < 4.78 is 6.69. The highest BCUT2D eigenvalue weighted by Gasteiger charge is 2.05. The molecule has 0 aliphatic heterocycles. The molecule has 0 spiro atoms. The van der Waals surface area contributed by atoms with Crippen LogP contribution in [0.5, 0.6) is 11.8 Å². The van der Waals surface area contributed by atoms with Gasteiger partial charge in [0.05, 0.1) is 0 Å². The Labute approximate surface area is 134 Å². The van der Waals surface area contributed by atoms with Gasteiger partial charge in [-0.3, -0.25) is 0 Å². The van der Waals surface area contributed by atoms with Crippen LogP contribution in [0.4, 0.5) is 0 Å². The first-order valence-electron chi connectivity index (χ1n) is 7.00. The van der Waals surface area contributed by atoms with Gasteiger partial charge < -0.3 is 10.1 Å². The standard InChI is InChI=1S/C16H20BrN3O/c1-11(2)7-18-8-13-9-19-16(20-10-13)21-15-6-14(17)5-4-12(15)3/h4-6,9-11,18H,7-8H2,1-3H3. The smallest absolute Gasteiger partial charge is 0.321 e. The summed E-state index contributed by atoms with van der Waals surface area (Å²) in [6, 6.07) is 6.25. The average molecular weight is 350 g/mol. The summed E-state index contributed by atoms with van der Waals surface area (Å²) in [6.45, 7) is 8.11. The Morgan fingerprint density at radius 2 is 1.95 bits per heavy atom. The van der Waals surface area contributed by atoms with Crippen molar-refractivity contribution in [1.29, 1.82) is 0 Å². The Bertz CT molecular complexity index is 585. The van der Waals surface area contributed by atoms with Crippen molar-refractivity contribution in [3.8, 4) is 11.8 Å². The molecule has 21 heavy (non-hydrogen) atoms. The Hall–Kier alpha value is -1.46. The lowest BCUT2D eigenvalue weighted by Crippen LogP contribution is -2.19. The quantitative estimate of drug-likeness (QED) is 0.853. The lowest BCUT2D eigenvalue weighted by atomic mass is 10.2. The van der Waals surface area contributed by atoms with Gasteiger partial charge in [-0.2, -0.15) is 0 Å². The van der Waals surface area contributed by atoms with Crippen LogP contribution in [0.25, 0.3) is 0 Å². The van der Waals surface area contributed by atoms with Crippen molar-refractivity contribution in [2.24, 2.45) is 5.92 Å². The first-order valence-corrected chi connectivity index (χ1v) is 7.79. The minimum Gasteiger partial charge on any atom is -0.424 e. The van der Waals surface area contributed by atoms with Gasteiger partial charge >= 0.3 is 6.01 Å². The summed E-state index contributed by atoms with van der Waals surface area (Å²) in [5, 5.41) is 3.36. The van der Waals surface area contributed by atoms with Crippen LogP contribution in [-0.4, -0.2) is 16.5 Å². The fourth-order valence-electron chi connectivity index (χ4n) is 1.77. The van der Waals surface area contributed by atoms with E-state index >= 15 is 0 Å². The first kappa shape index (κ1) is 15.9. The summed E-state index contributed by atoms with van der Waals surface area (Å²) in [5.41, 5.74) is 2.10. The average Bonchev–Trinajstić information content (AvgIpc) is 2.44. The molecule has 0 aliphatic carbocycles. The van der Waals surface area contributed by atoms with Gasteiger partial charge in [0, 0.05) is 29.0 Å². The number of rotatable bonds is 6. The molecule has 0 fully saturated rings. The topological polar surface area (TPSA) is 47.0 Å². The molecule has 0 unspecified atom stereocenters. The molecule has 1 N–H and O–H groups in total. The molecule has 2 rings (SSSR count). The number of aromatic nitrogens is 2. The van der Waals surface area contributed by atoms with Gasteiger partial charge in [0.1, 0.15) is 5.75 Å². The number of hydrogen-bond acceptors (Lipinski definition) is 4. The van der Waals surface area contributed by atoms with Crippen molar-refractivity contribution in [3.05, 3.63) is 46.2 Å². The van der Waals surface area contributed by atoms with Crippen molar-refractivity contribution in [3.63, 3.8) is 0 Å². The summed E-state index contributed by atoms with van der Waals surface area (Å²) in [6.07, 6.45) is 3.59.